The number of Topliss-reactive ketones (excluding diaryl/α,β-unsaturated/α-hetero) is 1. The predicted molar refractivity (Wildman–Crippen MR) is 90.7 cm³/mol. The first-order valence-electron chi connectivity index (χ1n) is 6.38. The molecule has 1 heterocycles. The molecule has 0 bridgehead atoms. The van der Waals surface area contributed by atoms with Crippen LogP contribution in [0.4, 0.5) is 0 Å². The lowest BCUT2D eigenvalue weighted by atomic mass is 9.95. The first-order chi connectivity index (χ1) is 9.59. The highest BCUT2D eigenvalue weighted by Gasteiger charge is 2.32. The lowest BCUT2D eigenvalue weighted by molar-refractivity contribution is 0.0981. The minimum absolute atomic E-state index is 0.0641. The molecule has 0 saturated carbocycles. The number of nitrogens with zero attached hydrogens (tertiary/aromatic N) is 1. The molecule has 1 aromatic heterocycles. The number of benzene rings is 1. The molecule has 1 aliphatic carbocycles. The average molecular weight is 462 g/mol. The number of halogens is 3. The Hall–Kier alpha value is -0.390. The van der Waals surface area contributed by atoms with Crippen molar-refractivity contribution in [1.29, 1.82) is 0 Å². The Balaban J connectivity index is 2.05. The number of hydrogen-bond donors (Lipinski definition) is 0. The van der Waals surface area contributed by atoms with Gasteiger partial charge in [-0.15, -0.1) is 0 Å². The Kier molecular flexibility index (Phi) is 4.20. The maximum absolute atomic E-state index is 12.3. The summed E-state index contributed by atoms with van der Waals surface area (Å²) < 4.78 is 4.00. The smallest absolute Gasteiger partial charge is 0.179 e. The largest absolute Gasteiger partial charge is 0.325 e. The van der Waals surface area contributed by atoms with Gasteiger partial charge in [0.05, 0.1) is 19.6 Å². The normalized spacial score (nSPS) is 18.1. The Bertz CT molecular complexity index is 664. The fraction of sp³-hybridized carbons (Fsp3) is 0.267. The van der Waals surface area contributed by atoms with Crippen molar-refractivity contribution in [2.24, 2.45) is 0 Å². The number of fused-ring (bicyclic) bond motifs is 1. The van der Waals surface area contributed by atoms with E-state index in [4.69, 9.17) is 0 Å². The average Bonchev–Trinajstić information content (AvgIpc) is 2.69. The molecule has 2 nitrogen and oxygen atoms in total. The maximum Gasteiger partial charge on any atom is 0.179 e. The van der Waals surface area contributed by atoms with E-state index in [1.54, 1.807) is 0 Å². The van der Waals surface area contributed by atoms with Gasteiger partial charge in [-0.25, -0.2) is 0 Å². The number of hydrogen-bond acceptors (Lipinski definition) is 1. The van der Waals surface area contributed by atoms with Crippen LogP contribution in [0.2, 0.25) is 0 Å². The molecule has 0 saturated heterocycles. The molecular formula is C15H12Br3NO. The molecule has 0 N–H and O–H groups in total. The number of rotatable bonds is 2. The number of alkyl halides is 1. The van der Waals surface area contributed by atoms with Gasteiger partial charge in [-0.05, 0) is 55.8 Å². The number of carbonyl (C=O) groups excluding carboxylic acids is 1. The summed E-state index contributed by atoms with van der Waals surface area (Å²) >= 11 is 10.7. The van der Waals surface area contributed by atoms with Gasteiger partial charge in [0.15, 0.2) is 5.78 Å². The van der Waals surface area contributed by atoms with E-state index >= 15 is 0 Å². The molecule has 1 unspecified atom stereocenters. The van der Waals surface area contributed by atoms with Crippen molar-refractivity contribution in [3.8, 4) is 0 Å². The van der Waals surface area contributed by atoms with Gasteiger partial charge in [-0.3, -0.25) is 4.79 Å². The second kappa shape index (κ2) is 5.78. The van der Waals surface area contributed by atoms with Gasteiger partial charge in [0, 0.05) is 6.54 Å². The molecule has 5 heteroatoms. The van der Waals surface area contributed by atoms with Gasteiger partial charge in [0.1, 0.15) is 0 Å². The zero-order chi connectivity index (χ0) is 14.3. The molecule has 1 atom stereocenters. The van der Waals surface area contributed by atoms with Crippen LogP contribution in [0.5, 0.6) is 0 Å². The van der Waals surface area contributed by atoms with E-state index in [1.807, 2.05) is 18.2 Å². The third-order valence-corrected chi connectivity index (χ3v) is 6.20. The van der Waals surface area contributed by atoms with E-state index in [1.165, 1.54) is 5.56 Å². The predicted octanol–water partition coefficient (Wildman–Crippen LogP) is 4.95. The molecule has 3 rings (SSSR count). The van der Waals surface area contributed by atoms with Crippen molar-refractivity contribution in [2.75, 3.05) is 0 Å². The quantitative estimate of drug-likeness (QED) is 0.580. The van der Waals surface area contributed by atoms with E-state index in [2.05, 4.69) is 64.5 Å². The molecule has 0 fully saturated rings. The highest BCUT2D eigenvalue weighted by Crippen LogP contribution is 2.38. The summed E-state index contributed by atoms with van der Waals surface area (Å²) in [4.78, 5) is 12.3. The van der Waals surface area contributed by atoms with Crippen LogP contribution in [-0.4, -0.2) is 15.2 Å². The van der Waals surface area contributed by atoms with Gasteiger partial charge < -0.3 is 4.57 Å². The molecule has 1 aromatic carbocycles. The lowest BCUT2D eigenvalue weighted by Gasteiger charge is -2.15. The molecule has 20 heavy (non-hydrogen) atoms. The summed E-state index contributed by atoms with van der Waals surface area (Å²) in [5, 5.41) is 0. The van der Waals surface area contributed by atoms with Gasteiger partial charge in [0.25, 0.3) is 0 Å². The topological polar surface area (TPSA) is 22.0 Å². The van der Waals surface area contributed by atoms with Crippen molar-refractivity contribution >= 4 is 53.6 Å². The van der Waals surface area contributed by atoms with Gasteiger partial charge in [-0.1, -0.05) is 46.3 Å². The molecule has 1 aliphatic rings. The van der Waals surface area contributed by atoms with Crippen molar-refractivity contribution in [3.05, 3.63) is 56.2 Å². The summed E-state index contributed by atoms with van der Waals surface area (Å²) in [6.07, 6.45) is 1.77. The van der Waals surface area contributed by atoms with Crippen molar-refractivity contribution < 1.29 is 4.79 Å². The van der Waals surface area contributed by atoms with Crippen LogP contribution in [0, 0.1) is 0 Å². The molecule has 0 aliphatic heterocycles. The molecule has 0 spiro atoms. The number of carbonyl (C=O) groups is 1. The van der Waals surface area contributed by atoms with Crippen molar-refractivity contribution in [2.45, 2.75) is 24.2 Å². The molecular weight excluding hydrogens is 450 g/mol. The minimum Gasteiger partial charge on any atom is -0.325 e. The Morgan fingerprint density at radius 2 is 1.85 bits per heavy atom. The zero-order valence-corrected chi connectivity index (χ0v) is 15.3. The SMILES string of the molecule is O=C1c2c(c(Br)n(Cc3ccccc3)c2Br)CCC1Br. The summed E-state index contributed by atoms with van der Waals surface area (Å²) in [7, 11) is 0. The summed E-state index contributed by atoms with van der Waals surface area (Å²) in [6.45, 7) is 0.745. The van der Waals surface area contributed by atoms with Crippen LogP contribution >= 0.6 is 47.8 Å². The second-order valence-electron chi connectivity index (χ2n) is 4.88. The lowest BCUT2D eigenvalue weighted by Crippen LogP contribution is -2.21. The van der Waals surface area contributed by atoms with Gasteiger partial charge in [0.2, 0.25) is 0 Å². The van der Waals surface area contributed by atoms with E-state index in [0.717, 1.165) is 39.7 Å². The van der Waals surface area contributed by atoms with Crippen LogP contribution in [0.25, 0.3) is 0 Å². The third-order valence-electron chi connectivity index (χ3n) is 3.59. The van der Waals surface area contributed by atoms with Crippen LogP contribution in [-0.2, 0) is 13.0 Å². The highest BCUT2D eigenvalue weighted by molar-refractivity contribution is 9.11. The van der Waals surface area contributed by atoms with E-state index < -0.39 is 0 Å². The third kappa shape index (κ3) is 2.44. The summed E-state index contributed by atoms with van der Waals surface area (Å²) in [5.41, 5.74) is 3.15. The van der Waals surface area contributed by atoms with Crippen LogP contribution in [0.1, 0.15) is 27.9 Å². The van der Waals surface area contributed by atoms with Gasteiger partial charge in [-0.2, -0.15) is 0 Å². The van der Waals surface area contributed by atoms with Crippen LogP contribution in [0.15, 0.2) is 39.5 Å². The van der Waals surface area contributed by atoms with E-state index in [-0.39, 0.29) is 10.6 Å². The van der Waals surface area contributed by atoms with E-state index in [0.29, 0.717) is 0 Å². The van der Waals surface area contributed by atoms with E-state index in [9.17, 15) is 4.79 Å². The molecule has 0 amide bonds. The molecule has 0 radical (unpaired) electrons. The minimum atomic E-state index is -0.0641. The summed E-state index contributed by atoms with van der Waals surface area (Å²) in [5.74, 6) is 0.172. The number of aromatic nitrogens is 1. The first kappa shape index (κ1) is 14.5. The molecule has 104 valence electrons. The summed E-state index contributed by atoms with van der Waals surface area (Å²) in [6, 6.07) is 10.2. The Morgan fingerprint density at radius 3 is 2.55 bits per heavy atom. The van der Waals surface area contributed by atoms with Crippen molar-refractivity contribution in [3.63, 3.8) is 0 Å². The van der Waals surface area contributed by atoms with Crippen molar-refractivity contribution in [1.82, 2.24) is 4.57 Å². The fourth-order valence-corrected chi connectivity index (χ4v) is 4.69. The Morgan fingerprint density at radius 1 is 1.15 bits per heavy atom. The van der Waals surface area contributed by atoms with Crippen LogP contribution in [0.3, 0.4) is 0 Å². The monoisotopic (exact) mass is 459 g/mol. The van der Waals surface area contributed by atoms with Crippen LogP contribution < -0.4 is 0 Å². The fourth-order valence-electron chi connectivity index (χ4n) is 2.55. The number of ketones is 1. The first-order valence-corrected chi connectivity index (χ1v) is 8.88. The zero-order valence-electron chi connectivity index (χ0n) is 10.6. The highest BCUT2D eigenvalue weighted by atomic mass is 79.9. The Labute approximate surface area is 142 Å². The van der Waals surface area contributed by atoms with Gasteiger partial charge >= 0.3 is 0 Å². The standard InChI is InChI=1S/C15H12Br3NO/c16-11-7-6-10-12(13(11)20)15(18)19(14(10)17)8-9-4-2-1-3-5-9/h1-5,11H,6-8H2. The maximum atomic E-state index is 12.3. The second-order valence-corrected chi connectivity index (χ2v) is 7.48. The molecule has 2 aromatic rings.